The normalized spacial score (nSPS) is 16.4. The lowest BCUT2D eigenvalue weighted by atomic mass is 10.2. The number of nitrogens with zero attached hydrogens (tertiary/aromatic N) is 1. The van der Waals surface area contributed by atoms with Crippen LogP contribution in [0.4, 0.5) is 5.69 Å². The van der Waals surface area contributed by atoms with E-state index in [1.54, 1.807) is 0 Å². The number of quaternary nitrogens is 1. The van der Waals surface area contributed by atoms with Crippen LogP contribution in [0.1, 0.15) is 23.2 Å². The molecule has 0 bridgehead atoms. The smallest absolute Gasteiger partial charge is 0.251 e. The van der Waals surface area contributed by atoms with E-state index in [0.717, 1.165) is 16.6 Å². The highest BCUT2D eigenvalue weighted by Crippen LogP contribution is 2.28. The molecule has 1 amide bonds. The molecular formula is C19H23N2O+. The number of benzene rings is 2. The number of nitrogens with one attached hydrogen (secondary N) is 1. The second kappa shape index (κ2) is 6.75. The highest BCUT2D eigenvalue weighted by atomic mass is 16.1. The van der Waals surface area contributed by atoms with Gasteiger partial charge in [-0.3, -0.25) is 9.28 Å². The highest BCUT2D eigenvalue weighted by Gasteiger charge is 2.33. The minimum absolute atomic E-state index is 0.0195. The first kappa shape index (κ1) is 14.8. The number of amides is 1. The zero-order chi connectivity index (χ0) is 15.3. The highest BCUT2D eigenvalue weighted by molar-refractivity contribution is 5.94. The van der Waals surface area contributed by atoms with Gasteiger partial charge in [0.15, 0.2) is 0 Å². The summed E-state index contributed by atoms with van der Waals surface area (Å²) in [4.78, 5) is 12.1. The molecule has 2 aromatic rings. The quantitative estimate of drug-likeness (QED) is 0.843. The maximum Gasteiger partial charge on any atom is 0.251 e. The van der Waals surface area contributed by atoms with Crippen LogP contribution in [0.2, 0.25) is 0 Å². The van der Waals surface area contributed by atoms with Gasteiger partial charge in [-0.05, 0) is 24.3 Å². The van der Waals surface area contributed by atoms with Gasteiger partial charge in [-0.25, -0.2) is 0 Å². The minimum atomic E-state index is 0.0195. The lowest BCUT2D eigenvalue weighted by Gasteiger charge is -2.33. The predicted octanol–water partition coefficient (Wildman–Crippen LogP) is 3.22. The third-order valence-electron chi connectivity index (χ3n) is 4.59. The Morgan fingerprint density at radius 1 is 0.909 bits per heavy atom. The molecule has 1 aliphatic rings. The summed E-state index contributed by atoms with van der Waals surface area (Å²) in [5.41, 5.74) is 2.10. The zero-order valence-electron chi connectivity index (χ0n) is 12.9. The van der Waals surface area contributed by atoms with Crippen LogP contribution in [-0.4, -0.2) is 32.1 Å². The molecule has 2 aromatic carbocycles. The summed E-state index contributed by atoms with van der Waals surface area (Å²) in [6.07, 6.45) is 2.53. The van der Waals surface area contributed by atoms with Gasteiger partial charge in [0.2, 0.25) is 0 Å². The van der Waals surface area contributed by atoms with Crippen molar-refractivity contribution in [1.82, 2.24) is 9.80 Å². The third-order valence-corrected chi connectivity index (χ3v) is 4.59. The summed E-state index contributed by atoms with van der Waals surface area (Å²) in [5, 5.41) is 3.07. The van der Waals surface area contributed by atoms with Crippen molar-refractivity contribution in [3.8, 4) is 0 Å². The van der Waals surface area contributed by atoms with Gasteiger partial charge < -0.3 is 5.32 Å². The van der Waals surface area contributed by atoms with E-state index in [1.807, 2.05) is 30.3 Å². The molecule has 3 heteroatoms. The second-order valence-corrected chi connectivity index (χ2v) is 5.98. The average Bonchev–Trinajstić information content (AvgIpc) is 3.06. The van der Waals surface area contributed by atoms with Gasteiger partial charge >= 0.3 is 0 Å². The van der Waals surface area contributed by atoms with Crippen LogP contribution >= 0.6 is 0 Å². The number of hydrogen-bond acceptors (Lipinski definition) is 1. The van der Waals surface area contributed by atoms with Crippen LogP contribution in [0.3, 0.4) is 0 Å². The first-order chi connectivity index (χ1) is 10.8. The van der Waals surface area contributed by atoms with Crippen LogP contribution in [-0.2, 0) is 0 Å². The predicted molar refractivity (Wildman–Crippen MR) is 90.8 cm³/mol. The minimum Gasteiger partial charge on any atom is -0.346 e. The maximum absolute atomic E-state index is 12.1. The molecule has 0 spiro atoms. The Labute approximate surface area is 132 Å². The van der Waals surface area contributed by atoms with E-state index in [-0.39, 0.29) is 5.91 Å². The van der Waals surface area contributed by atoms with E-state index < -0.39 is 0 Å². The van der Waals surface area contributed by atoms with Crippen LogP contribution in [0, 0.1) is 0 Å². The van der Waals surface area contributed by atoms with Gasteiger partial charge in [-0.1, -0.05) is 36.4 Å². The van der Waals surface area contributed by atoms with Gasteiger partial charge in [0.1, 0.15) is 12.2 Å². The van der Waals surface area contributed by atoms with Crippen LogP contribution in [0.15, 0.2) is 60.7 Å². The van der Waals surface area contributed by atoms with E-state index in [2.05, 4.69) is 35.6 Å². The fourth-order valence-electron chi connectivity index (χ4n) is 3.37. The zero-order valence-corrected chi connectivity index (χ0v) is 12.9. The molecule has 1 N–H and O–H groups in total. The van der Waals surface area contributed by atoms with E-state index in [4.69, 9.17) is 0 Å². The summed E-state index contributed by atoms with van der Waals surface area (Å²) in [6.45, 7) is 4.02. The Hall–Kier alpha value is -2.13. The van der Waals surface area contributed by atoms with Crippen molar-refractivity contribution in [3.63, 3.8) is 0 Å². The Balaban J connectivity index is 1.63. The van der Waals surface area contributed by atoms with Crippen molar-refractivity contribution in [3.05, 3.63) is 66.2 Å². The standard InChI is InChI=1S/C19H22N2O/c22-19(17-9-3-1-4-10-17)20-13-16-21(14-7-8-15-21)18-11-5-2-6-12-18/h1-6,9-12H,7-8,13-16H2/p+1. The fourth-order valence-corrected chi connectivity index (χ4v) is 3.37. The first-order valence-corrected chi connectivity index (χ1v) is 8.05. The largest absolute Gasteiger partial charge is 0.346 e. The van der Waals surface area contributed by atoms with E-state index in [1.165, 1.54) is 31.6 Å². The molecule has 1 fully saturated rings. The molecule has 0 unspecified atom stereocenters. The lowest BCUT2D eigenvalue weighted by Crippen LogP contribution is -2.50. The number of hydrogen-bond donors (Lipinski definition) is 1. The summed E-state index contributed by atoms with van der Waals surface area (Å²) < 4.78 is 0.996. The van der Waals surface area contributed by atoms with Crippen molar-refractivity contribution in [1.29, 1.82) is 0 Å². The van der Waals surface area contributed by atoms with Crippen molar-refractivity contribution in [2.24, 2.45) is 0 Å². The first-order valence-electron chi connectivity index (χ1n) is 8.05. The van der Waals surface area contributed by atoms with Gasteiger partial charge in [0.25, 0.3) is 5.91 Å². The van der Waals surface area contributed by atoms with Crippen molar-refractivity contribution in [2.75, 3.05) is 26.2 Å². The summed E-state index contributed by atoms with van der Waals surface area (Å²) >= 11 is 0. The monoisotopic (exact) mass is 295 g/mol. The van der Waals surface area contributed by atoms with Gasteiger partial charge in [0, 0.05) is 18.4 Å². The molecule has 0 radical (unpaired) electrons. The van der Waals surface area contributed by atoms with Crippen molar-refractivity contribution in [2.45, 2.75) is 12.8 Å². The lowest BCUT2D eigenvalue weighted by molar-refractivity contribution is 0.0950. The number of likely N-dealkylation sites (tertiary alicyclic amines) is 1. The molecule has 22 heavy (non-hydrogen) atoms. The van der Waals surface area contributed by atoms with Crippen molar-refractivity contribution >= 4 is 11.6 Å². The summed E-state index contributed by atoms with van der Waals surface area (Å²) in [6, 6.07) is 20.1. The molecule has 1 saturated heterocycles. The van der Waals surface area contributed by atoms with E-state index in [9.17, 15) is 4.79 Å². The van der Waals surface area contributed by atoms with E-state index in [0.29, 0.717) is 6.54 Å². The molecule has 114 valence electrons. The molecule has 3 rings (SSSR count). The molecule has 0 aliphatic carbocycles. The Morgan fingerprint density at radius 2 is 1.50 bits per heavy atom. The Morgan fingerprint density at radius 3 is 2.14 bits per heavy atom. The molecular weight excluding hydrogens is 272 g/mol. The SMILES string of the molecule is O=C(NCC[N+]1(c2ccccc2)CCCC1)c1ccccc1. The average molecular weight is 295 g/mol. The van der Waals surface area contributed by atoms with E-state index >= 15 is 0 Å². The second-order valence-electron chi connectivity index (χ2n) is 5.98. The van der Waals surface area contributed by atoms with Crippen LogP contribution in [0.5, 0.6) is 0 Å². The topological polar surface area (TPSA) is 29.1 Å². The Bertz CT molecular complexity index is 604. The fraction of sp³-hybridized carbons (Fsp3) is 0.316. The van der Waals surface area contributed by atoms with Crippen LogP contribution in [0.25, 0.3) is 0 Å². The third kappa shape index (κ3) is 3.20. The molecule has 1 heterocycles. The molecule has 1 aliphatic heterocycles. The van der Waals surface area contributed by atoms with Gasteiger partial charge in [-0.15, -0.1) is 0 Å². The number of carbonyl (C=O) groups is 1. The molecule has 0 saturated carbocycles. The molecule has 0 atom stereocenters. The number of para-hydroxylation sites is 1. The summed E-state index contributed by atoms with van der Waals surface area (Å²) in [5.74, 6) is 0.0195. The maximum atomic E-state index is 12.1. The van der Waals surface area contributed by atoms with Gasteiger partial charge in [0.05, 0.1) is 19.6 Å². The molecule has 0 aromatic heterocycles. The number of rotatable bonds is 5. The summed E-state index contributed by atoms with van der Waals surface area (Å²) in [7, 11) is 0. The molecule has 3 nitrogen and oxygen atoms in total. The van der Waals surface area contributed by atoms with Crippen LogP contribution < -0.4 is 9.80 Å². The number of carbonyl (C=O) groups excluding carboxylic acids is 1. The van der Waals surface area contributed by atoms with Gasteiger partial charge in [-0.2, -0.15) is 0 Å². The Kier molecular flexibility index (Phi) is 4.54. The van der Waals surface area contributed by atoms with Crippen molar-refractivity contribution < 1.29 is 4.79 Å².